The second-order valence-electron chi connectivity index (χ2n) is 8.91. The van der Waals surface area contributed by atoms with Crippen molar-refractivity contribution in [1.29, 1.82) is 0 Å². The summed E-state index contributed by atoms with van der Waals surface area (Å²) in [5.41, 5.74) is 0.340. The number of amides is 1. The van der Waals surface area contributed by atoms with Crippen molar-refractivity contribution in [2.24, 2.45) is 5.41 Å². The van der Waals surface area contributed by atoms with Gasteiger partial charge >= 0.3 is 0 Å². The number of hydrogen-bond donors (Lipinski definition) is 3. The lowest BCUT2D eigenvalue weighted by Gasteiger charge is -2.40. The summed E-state index contributed by atoms with van der Waals surface area (Å²) in [6.45, 7) is 10.1. The lowest BCUT2D eigenvalue weighted by Crippen LogP contribution is -2.62. The van der Waals surface area contributed by atoms with Crippen LogP contribution >= 0.6 is 0 Å². The zero-order valence-corrected chi connectivity index (χ0v) is 17.7. The Morgan fingerprint density at radius 1 is 1.34 bits per heavy atom. The molecule has 5 atom stereocenters. The molecule has 29 heavy (non-hydrogen) atoms. The summed E-state index contributed by atoms with van der Waals surface area (Å²) in [5.74, 6) is -1.76. The van der Waals surface area contributed by atoms with Crippen molar-refractivity contribution in [3.63, 3.8) is 0 Å². The molecule has 0 aliphatic carbocycles. The number of carbonyl (C=O) groups excluding carboxylic acids is 1. The normalized spacial score (nSPS) is 24.8. The van der Waals surface area contributed by atoms with Gasteiger partial charge in [0.25, 0.3) is 0 Å². The molecule has 3 N–H and O–H groups in total. The minimum Gasteiger partial charge on any atom is -0.389 e. The molecule has 6 nitrogen and oxygen atoms in total. The summed E-state index contributed by atoms with van der Waals surface area (Å²) >= 11 is 0. The first-order valence-electron chi connectivity index (χ1n) is 9.84. The number of hydrogen-bond acceptors (Lipinski definition) is 5. The molecule has 1 heterocycles. The molecule has 164 valence electrons. The van der Waals surface area contributed by atoms with E-state index in [2.05, 4.69) is 31.4 Å². The van der Waals surface area contributed by atoms with Crippen LogP contribution < -0.4 is 10.6 Å². The summed E-state index contributed by atoms with van der Waals surface area (Å²) in [6.07, 6.45) is -1.41. The molecule has 0 saturated carbocycles. The fraction of sp³-hybridized carbons (Fsp3) is 0.667. The van der Waals surface area contributed by atoms with Crippen molar-refractivity contribution >= 4 is 5.91 Å². The van der Waals surface area contributed by atoms with E-state index in [1.807, 2.05) is 6.92 Å². The second-order valence-corrected chi connectivity index (χ2v) is 8.91. The van der Waals surface area contributed by atoms with Crippen molar-refractivity contribution < 1.29 is 28.2 Å². The van der Waals surface area contributed by atoms with E-state index in [9.17, 15) is 18.7 Å². The molecule has 0 unspecified atom stereocenters. The number of carbonyl (C=O) groups is 1. The van der Waals surface area contributed by atoms with E-state index in [1.165, 1.54) is 19.1 Å². The summed E-state index contributed by atoms with van der Waals surface area (Å²) in [5, 5.41) is 16.8. The summed E-state index contributed by atoms with van der Waals surface area (Å²) in [6, 6.07) is 1.76. The Labute approximate surface area is 171 Å². The van der Waals surface area contributed by atoms with E-state index in [0.29, 0.717) is 12.2 Å². The average molecular weight is 414 g/mol. The molecule has 0 radical (unpaired) electrons. The van der Waals surface area contributed by atoms with Gasteiger partial charge in [0.15, 0.2) is 6.29 Å². The van der Waals surface area contributed by atoms with Crippen molar-refractivity contribution in [3.8, 4) is 0 Å². The first-order chi connectivity index (χ1) is 13.4. The van der Waals surface area contributed by atoms with Crippen LogP contribution in [-0.4, -0.2) is 54.7 Å². The first kappa shape index (κ1) is 23.7. The molecule has 1 saturated heterocycles. The van der Waals surface area contributed by atoms with Gasteiger partial charge in [-0.25, -0.2) is 8.78 Å². The number of aliphatic hydroxyl groups is 1. The number of rotatable bonds is 7. The van der Waals surface area contributed by atoms with Gasteiger partial charge < -0.3 is 25.2 Å². The molecule has 1 aromatic carbocycles. The van der Waals surface area contributed by atoms with Gasteiger partial charge in [-0.05, 0) is 36.5 Å². The number of aliphatic hydroxyl groups excluding tert-OH is 1. The molecule has 0 spiro atoms. The maximum absolute atomic E-state index is 13.5. The Morgan fingerprint density at radius 2 is 1.97 bits per heavy atom. The molecule has 8 heteroatoms. The number of nitrogens with one attached hydrogen (secondary N) is 2. The van der Waals surface area contributed by atoms with Crippen LogP contribution in [0.15, 0.2) is 18.2 Å². The van der Waals surface area contributed by atoms with Gasteiger partial charge in [-0.15, -0.1) is 0 Å². The third-order valence-corrected chi connectivity index (χ3v) is 4.60. The van der Waals surface area contributed by atoms with E-state index in [1.54, 1.807) is 0 Å². The van der Waals surface area contributed by atoms with E-state index >= 15 is 0 Å². The van der Waals surface area contributed by atoms with Crippen molar-refractivity contribution in [2.75, 3.05) is 13.2 Å². The van der Waals surface area contributed by atoms with Gasteiger partial charge in [0, 0.05) is 13.0 Å². The van der Waals surface area contributed by atoms with Gasteiger partial charge in [-0.1, -0.05) is 20.8 Å². The maximum atomic E-state index is 13.5. The second kappa shape index (κ2) is 9.93. The van der Waals surface area contributed by atoms with Crippen LogP contribution in [0.25, 0.3) is 0 Å². The third-order valence-electron chi connectivity index (χ3n) is 4.60. The largest absolute Gasteiger partial charge is 0.389 e. The van der Waals surface area contributed by atoms with Crippen LogP contribution in [-0.2, 0) is 20.7 Å². The van der Waals surface area contributed by atoms with Crippen molar-refractivity contribution in [1.82, 2.24) is 10.6 Å². The molecular weight excluding hydrogens is 382 g/mol. The number of morpholine rings is 1. The van der Waals surface area contributed by atoms with Crippen LogP contribution in [0.1, 0.15) is 40.2 Å². The standard InChI is InChI=1S/C21H32F2N2O4/c1-12-20(29-11-21(3,4)5)28-10-18(24-12)19(27)17(25-13(2)26)8-14-6-15(22)9-16(23)7-14/h6-7,9,12,17-20,24,27H,8,10-11H2,1-5H3,(H,25,26)/t12-,17-,18+,19-,20-/m0/s1. The zero-order chi connectivity index (χ0) is 21.8. The predicted molar refractivity (Wildman–Crippen MR) is 105 cm³/mol. The molecular formula is C21H32F2N2O4. The summed E-state index contributed by atoms with van der Waals surface area (Å²) in [4.78, 5) is 11.6. The minimum absolute atomic E-state index is 0.00379. The van der Waals surface area contributed by atoms with Crippen LogP contribution in [0.5, 0.6) is 0 Å². The monoisotopic (exact) mass is 414 g/mol. The number of ether oxygens (including phenoxy) is 2. The van der Waals surface area contributed by atoms with Crippen molar-refractivity contribution in [3.05, 3.63) is 35.4 Å². The molecule has 1 aliphatic rings. The Kier molecular flexibility index (Phi) is 8.10. The van der Waals surface area contributed by atoms with E-state index < -0.39 is 36.1 Å². The lowest BCUT2D eigenvalue weighted by atomic mass is 9.95. The smallest absolute Gasteiger partial charge is 0.217 e. The minimum atomic E-state index is -1.03. The van der Waals surface area contributed by atoms with E-state index in [4.69, 9.17) is 9.47 Å². The molecule has 1 fully saturated rings. The summed E-state index contributed by atoms with van der Waals surface area (Å²) in [7, 11) is 0. The lowest BCUT2D eigenvalue weighted by molar-refractivity contribution is -0.201. The third kappa shape index (κ3) is 7.62. The Bertz CT molecular complexity index is 675. The SMILES string of the molecule is CC(=O)N[C@@H](Cc1cc(F)cc(F)c1)[C@H](O)[C@H]1CO[C@@H](OCC(C)(C)C)[C@H](C)N1. The van der Waals surface area contributed by atoms with Gasteiger partial charge in [0.2, 0.25) is 5.91 Å². The fourth-order valence-corrected chi connectivity index (χ4v) is 3.31. The molecule has 1 aromatic rings. The fourth-order valence-electron chi connectivity index (χ4n) is 3.31. The molecule has 1 aliphatic heterocycles. The van der Waals surface area contributed by atoms with Gasteiger partial charge in [-0.2, -0.15) is 0 Å². The van der Waals surface area contributed by atoms with Gasteiger partial charge in [-0.3, -0.25) is 4.79 Å². The van der Waals surface area contributed by atoms with Gasteiger partial charge in [0.05, 0.1) is 37.4 Å². The Morgan fingerprint density at radius 3 is 2.48 bits per heavy atom. The molecule has 0 bridgehead atoms. The van der Waals surface area contributed by atoms with E-state index in [-0.39, 0.29) is 30.4 Å². The van der Waals surface area contributed by atoms with E-state index in [0.717, 1.165) is 6.07 Å². The Balaban J connectivity index is 2.03. The summed E-state index contributed by atoms with van der Waals surface area (Å²) < 4.78 is 38.6. The predicted octanol–water partition coefficient (Wildman–Crippen LogP) is 2.14. The average Bonchev–Trinajstić information content (AvgIpc) is 2.57. The highest BCUT2D eigenvalue weighted by molar-refractivity contribution is 5.73. The molecule has 0 aromatic heterocycles. The highest BCUT2D eigenvalue weighted by atomic mass is 19.1. The highest BCUT2D eigenvalue weighted by Gasteiger charge is 2.36. The van der Waals surface area contributed by atoms with Crippen LogP contribution in [0.4, 0.5) is 8.78 Å². The quantitative estimate of drug-likeness (QED) is 0.637. The number of halogens is 2. The Hall–Kier alpha value is -1.61. The molecule has 2 rings (SSSR count). The van der Waals surface area contributed by atoms with Gasteiger partial charge in [0.1, 0.15) is 11.6 Å². The van der Waals surface area contributed by atoms with Crippen LogP contribution in [0.3, 0.4) is 0 Å². The number of benzene rings is 1. The van der Waals surface area contributed by atoms with Crippen LogP contribution in [0.2, 0.25) is 0 Å². The first-order valence-corrected chi connectivity index (χ1v) is 9.84. The topological polar surface area (TPSA) is 79.8 Å². The van der Waals surface area contributed by atoms with Crippen molar-refractivity contribution in [2.45, 2.75) is 71.6 Å². The van der Waals surface area contributed by atoms with Crippen LogP contribution in [0, 0.1) is 17.0 Å². The highest BCUT2D eigenvalue weighted by Crippen LogP contribution is 2.20. The zero-order valence-electron chi connectivity index (χ0n) is 17.7. The molecule has 1 amide bonds. The maximum Gasteiger partial charge on any atom is 0.217 e.